The Bertz CT molecular complexity index is 432. The van der Waals surface area contributed by atoms with Crippen LogP contribution in [-0.2, 0) is 6.54 Å². The van der Waals surface area contributed by atoms with Gasteiger partial charge in [0.05, 0.1) is 6.61 Å². The summed E-state index contributed by atoms with van der Waals surface area (Å²) in [6, 6.07) is 10.6. The van der Waals surface area contributed by atoms with Crippen LogP contribution in [0, 0.1) is 11.3 Å². The van der Waals surface area contributed by atoms with E-state index in [-0.39, 0.29) is 12.1 Å². The average molecular weight is 245 g/mol. The minimum Gasteiger partial charge on any atom is -0.394 e. The maximum Gasteiger partial charge on any atom is 0.0613 e. The predicted molar refractivity (Wildman–Crippen MR) is 73.2 cm³/mol. The summed E-state index contributed by atoms with van der Waals surface area (Å²) in [6.45, 7) is 6.96. The molecule has 3 atom stereocenters. The van der Waals surface area contributed by atoms with Crippen molar-refractivity contribution < 1.29 is 5.11 Å². The highest BCUT2D eigenvalue weighted by Gasteiger charge is 2.61. The summed E-state index contributed by atoms with van der Waals surface area (Å²) in [4.78, 5) is 2.49. The fraction of sp³-hybridized carbons (Fsp3) is 0.625. The number of aliphatic hydroxyl groups excluding tert-OH is 1. The zero-order valence-corrected chi connectivity index (χ0v) is 11.4. The molecule has 0 amide bonds. The Kier molecular flexibility index (Phi) is 2.76. The number of likely N-dealkylation sites (tertiary alicyclic amines) is 1. The molecule has 3 rings (SSSR count). The van der Waals surface area contributed by atoms with E-state index in [9.17, 15) is 5.11 Å². The van der Waals surface area contributed by atoms with Crippen LogP contribution in [0.5, 0.6) is 0 Å². The Hall–Kier alpha value is -0.860. The van der Waals surface area contributed by atoms with Crippen molar-refractivity contribution in [3.8, 4) is 0 Å². The SMILES string of the molecule is CC1C[C@@]12CN(Cc1ccccc1)[C@](C)(CO)C2. The highest BCUT2D eigenvalue weighted by Crippen LogP contribution is 2.62. The minimum absolute atomic E-state index is 0.0272. The largest absolute Gasteiger partial charge is 0.394 e. The summed E-state index contributed by atoms with van der Waals surface area (Å²) in [5.74, 6) is 0.837. The third kappa shape index (κ3) is 1.88. The van der Waals surface area contributed by atoms with Crippen LogP contribution in [0.4, 0.5) is 0 Å². The average Bonchev–Trinajstić information content (AvgIpc) is 2.88. The van der Waals surface area contributed by atoms with Crippen LogP contribution in [0.15, 0.2) is 30.3 Å². The third-order valence-electron chi connectivity index (χ3n) is 5.16. The van der Waals surface area contributed by atoms with Gasteiger partial charge in [-0.15, -0.1) is 0 Å². The molecule has 2 heteroatoms. The van der Waals surface area contributed by atoms with Crippen molar-refractivity contribution in [2.24, 2.45) is 11.3 Å². The van der Waals surface area contributed by atoms with E-state index in [1.807, 2.05) is 0 Å². The van der Waals surface area contributed by atoms with Gasteiger partial charge in [-0.1, -0.05) is 37.3 Å². The molecule has 1 heterocycles. The number of hydrogen-bond donors (Lipinski definition) is 1. The van der Waals surface area contributed by atoms with Crippen LogP contribution in [-0.4, -0.2) is 28.7 Å². The second-order valence-electron chi connectivity index (χ2n) is 6.64. The first-order valence-corrected chi connectivity index (χ1v) is 6.98. The Balaban J connectivity index is 1.78. The quantitative estimate of drug-likeness (QED) is 0.885. The van der Waals surface area contributed by atoms with Gasteiger partial charge in [-0.2, -0.15) is 0 Å². The maximum atomic E-state index is 9.78. The molecule has 0 aromatic heterocycles. The van der Waals surface area contributed by atoms with Crippen LogP contribution >= 0.6 is 0 Å². The van der Waals surface area contributed by atoms with E-state index in [0.29, 0.717) is 5.41 Å². The molecule has 1 N–H and O–H groups in total. The summed E-state index contributed by atoms with van der Waals surface area (Å²) < 4.78 is 0. The molecular weight excluding hydrogens is 222 g/mol. The second-order valence-corrected chi connectivity index (χ2v) is 6.64. The smallest absolute Gasteiger partial charge is 0.0613 e. The third-order valence-corrected chi connectivity index (χ3v) is 5.16. The van der Waals surface area contributed by atoms with Gasteiger partial charge in [0.15, 0.2) is 0 Å². The second kappa shape index (κ2) is 4.07. The van der Waals surface area contributed by atoms with Crippen LogP contribution in [0.2, 0.25) is 0 Å². The van der Waals surface area contributed by atoms with Gasteiger partial charge < -0.3 is 5.11 Å². The summed E-state index contributed by atoms with van der Waals surface area (Å²) in [5, 5.41) is 9.78. The van der Waals surface area contributed by atoms with Crippen LogP contribution in [0.25, 0.3) is 0 Å². The molecule has 0 bridgehead atoms. The molecule has 2 aliphatic rings. The monoisotopic (exact) mass is 245 g/mol. The number of nitrogens with zero attached hydrogens (tertiary/aromatic N) is 1. The van der Waals surface area contributed by atoms with E-state index in [2.05, 4.69) is 49.1 Å². The first-order chi connectivity index (χ1) is 8.58. The van der Waals surface area contributed by atoms with E-state index < -0.39 is 0 Å². The Morgan fingerprint density at radius 3 is 2.56 bits per heavy atom. The van der Waals surface area contributed by atoms with Gasteiger partial charge >= 0.3 is 0 Å². The molecule has 1 spiro atoms. The Morgan fingerprint density at radius 1 is 1.33 bits per heavy atom. The van der Waals surface area contributed by atoms with E-state index in [4.69, 9.17) is 0 Å². The highest BCUT2D eigenvalue weighted by molar-refractivity contribution is 5.18. The number of aliphatic hydroxyl groups is 1. The highest BCUT2D eigenvalue weighted by atomic mass is 16.3. The van der Waals surface area contributed by atoms with E-state index in [1.165, 1.54) is 12.0 Å². The molecular formula is C16H23NO. The topological polar surface area (TPSA) is 23.5 Å². The summed E-state index contributed by atoms with van der Waals surface area (Å²) >= 11 is 0. The standard InChI is InChI=1S/C16H23NO/c1-13-8-16(13)10-15(2,12-18)17(11-16)9-14-6-4-3-5-7-14/h3-7,13,18H,8-12H2,1-2H3/t13?,15-,16+/m0/s1. The van der Waals surface area contributed by atoms with Gasteiger partial charge in [0, 0.05) is 18.6 Å². The lowest BCUT2D eigenvalue weighted by molar-refractivity contribution is 0.0734. The van der Waals surface area contributed by atoms with Crippen molar-refractivity contribution in [2.45, 2.75) is 38.8 Å². The molecule has 1 saturated heterocycles. The molecule has 2 fully saturated rings. The summed E-state index contributed by atoms with van der Waals surface area (Å²) in [6.07, 6.45) is 2.50. The molecule has 98 valence electrons. The van der Waals surface area contributed by atoms with Crippen molar-refractivity contribution in [3.63, 3.8) is 0 Å². The lowest BCUT2D eigenvalue weighted by Gasteiger charge is -2.33. The molecule has 18 heavy (non-hydrogen) atoms. The molecule has 2 nitrogen and oxygen atoms in total. The predicted octanol–water partition coefficient (Wildman–Crippen LogP) is 2.67. The lowest BCUT2D eigenvalue weighted by atomic mass is 9.92. The van der Waals surface area contributed by atoms with Crippen LogP contribution < -0.4 is 0 Å². The van der Waals surface area contributed by atoms with Crippen molar-refractivity contribution >= 4 is 0 Å². The minimum atomic E-state index is -0.0272. The molecule has 1 saturated carbocycles. The first kappa shape index (κ1) is 12.2. The van der Waals surface area contributed by atoms with Crippen LogP contribution in [0.3, 0.4) is 0 Å². The number of benzene rings is 1. The molecule has 1 aromatic rings. The van der Waals surface area contributed by atoms with Gasteiger partial charge in [0.25, 0.3) is 0 Å². The van der Waals surface area contributed by atoms with Gasteiger partial charge in [-0.3, -0.25) is 4.90 Å². The molecule has 0 radical (unpaired) electrons. The summed E-state index contributed by atoms with van der Waals surface area (Å²) in [7, 11) is 0. The maximum absolute atomic E-state index is 9.78. The fourth-order valence-electron chi connectivity index (χ4n) is 3.72. The number of rotatable bonds is 3. The molecule has 1 unspecified atom stereocenters. The van der Waals surface area contributed by atoms with Gasteiger partial charge in [0.1, 0.15) is 0 Å². The summed E-state index contributed by atoms with van der Waals surface area (Å²) in [5.41, 5.74) is 1.83. The van der Waals surface area contributed by atoms with Crippen molar-refractivity contribution in [2.75, 3.05) is 13.2 Å². The first-order valence-electron chi connectivity index (χ1n) is 6.98. The zero-order chi connectivity index (χ0) is 12.8. The molecule has 1 aliphatic heterocycles. The van der Waals surface area contributed by atoms with Gasteiger partial charge in [0.2, 0.25) is 0 Å². The van der Waals surface area contributed by atoms with E-state index in [0.717, 1.165) is 25.4 Å². The zero-order valence-electron chi connectivity index (χ0n) is 11.4. The van der Waals surface area contributed by atoms with Crippen LogP contribution in [0.1, 0.15) is 32.3 Å². The van der Waals surface area contributed by atoms with E-state index in [1.54, 1.807) is 0 Å². The van der Waals surface area contributed by atoms with Crippen molar-refractivity contribution in [1.29, 1.82) is 0 Å². The molecule has 1 aliphatic carbocycles. The van der Waals surface area contributed by atoms with Crippen molar-refractivity contribution in [3.05, 3.63) is 35.9 Å². The van der Waals surface area contributed by atoms with E-state index >= 15 is 0 Å². The van der Waals surface area contributed by atoms with Gasteiger partial charge in [-0.25, -0.2) is 0 Å². The Labute approximate surface area is 110 Å². The van der Waals surface area contributed by atoms with Crippen molar-refractivity contribution in [1.82, 2.24) is 4.90 Å². The number of hydrogen-bond acceptors (Lipinski definition) is 2. The molecule has 1 aromatic carbocycles. The lowest BCUT2D eigenvalue weighted by Crippen LogP contribution is -2.43. The normalized spacial score (nSPS) is 39.4. The van der Waals surface area contributed by atoms with Gasteiger partial charge in [-0.05, 0) is 36.7 Å². The fourth-order valence-corrected chi connectivity index (χ4v) is 3.72. The Morgan fingerprint density at radius 2 is 2.00 bits per heavy atom.